The number of nitrogens with zero attached hydrogens (tertiary/aromatic N) is 1. The molecule has 1 heterocycles. The van der Waals surface area contributed by atoms with Crippen LogP contribution in [0.5, 0.6) is 0 Å². The largest absolute Gasteiger partial charge is 0.301 e. The van der Waals surface area contributed by atoms with E-state index in [0.717, 1.165) is 4.57 Å². The lowest BCUT2D eigenvalue weighted by Gasteiger charge is -2.01. The molecular weight excluding hydrogens is 202 g/mol. The van der Waals surface area contributed by atoms with Crippen molar-refractivity contribution in [1.82, 2.24) is 4.57 Å². The van der Waals surface area contributed by atoms with Crippen LogP contribution >= 0.6 is 10.7 Å². The van der Waals surface area contributed by atoms with E-state index < -0.39 is 14.6 Å². The molecule has 0 spiro atoms. The highest BCUT2D eigenvalue weighted by Gasteiger charge is 2.12. The Labute approximate surface area is 73.8 Å². The van der Waals surface area contributed by atoms with Crippen LogP contribution in [-0.2, 0) is 16.1 Å². The molecule has 0 bridgehead atoms. The number of halogens is 1. The minimum absolute atomic E-state index is 0.198. The van der Waals surface area contributed by atoms with Crippen molar-refractivity contribution in [3.05, 3.63) is 28.6 Å². The van der Waals surface area contributed by atoms with Crippen molar-refractivity contribution in [3.63, 3.8) is 0 Å². The summed E-state index contributed by atoms with van der Waals surface area (Å²) in [5.41, 5.74) is -0.406. The number of rotatable bonds is 1. The molecule has 0 amide bonds. The minimum Gasteiger partial charge on any atom is -0.301 e. The zero-order chi connectivity index (χ0) is 9.35. The quantitative estimate of drug-likeness (QED) is 0.623. The first-order chi connectivity index (χ1) is 5.43. The van der Waals surface area contributed by atoms with Gasteiger partial charge in [-0.1, -0.05) is 6.07 Å². The average Bonchev–Trinajstić information content (AvgIpc) is 1.92. The lowest BCUT2D eigenvalue weighted by atomic mass is 10.5. The molecule has 0 saturated heterocycles. The maximum atomic E-state index is 10.9. The lowest BCUT2D eigenvalue weighted by molar-refractivity contribution is 0.595. The summed E-state index contributed by atoms with van der Waals surface area (Å²) in [5.74, 6) is 0. The second kappa shape index (κ2) is 2.91. The minimum atomic E-state index is -3.82. The smallest absolute Gasteiger partial charge is 0.276 e. The Morgan fingerprint density at radius 3 is 2.42 bits per heavy atom. The van der Waals surface area contributed by atoms with E-state index in [-0.39, 0.29) is 5.03 Å². The van der Waals surface area contributed by atoms with Crippen molar-refractivity contribution in [2.24, 2.45) is 7.05 Å². The van der Waals surface area contributed by atoms with Crippen LogP contribution in [0.2, 0.25) is 0 Å². The van der Waals surface area contributed by atoms with E-state index in [9.17, 15) is 13.2 Å². The van der Waals surface area contributed by atoms with Gasteiger partial charge in [-0.25, -0.2) is 8.42 Å². The van der Waals surface area contributed by atoms with Gasteiger partial charge in [0.15, 0.2) is 5.03 Å². The normalized spacial score (nSPS) is 11.5. The molecule has 1 aromatic heterocycles. The first-order valence-electron chi connectivity index (χ1n) is 3.03. The molecule has 0 aliphatic carbocycles. The number of hydrogen-bond donors (Lipinski definition) is 0. The molecule has 6 heteroatoms. The molecule has 0 saturated carbocycles. The van der Waals surface area contributed by atoms with E-state index in [0.29, 0.717) is 0 Å². The fourth-order valence-electron chi connectivity index (χ4n) is 0.790. The second-order valence-electron chi connectivity index (χ2n) is 2.20. The summed E-state index contributed by atoms with van der Waals surface area (Å²) in [6, 6.07) is 3.87. The molecule has 66 valence electrons. The maximum Gasteiger partial charge on any atom is 0.276 e. The van der Waals surface area contributed by atoms with E-state index in [2.05, 4.69) is 0 Å². The first kappa shape index (κ1) is 9.28. The van der Waals surface area contributed by atoms with Gasteiger partial charge in [-0.2, -0.15) is 0 Å². The third kappa shape index (κ3) is 1.67. The Kier molecular flexibility index (Phi) is 2.25. The van der Waals surface area contributed by atoms with E-state index >= 15 is 0 Å². The highest BCUT2D eigenvalue weighted by Crippen LogP contribution is 2.10. The number of aromatic nitrogens is 1. The Bertz CT molecular complexity index is 448. The topological polar surface area (TPSA) is 56.1 Å². The molecule has 0 fully saturated rings. The van der Waals surface area contributed by atoms with Crippen LogP contribution in [0.4, 0.5) is 0 Å². The Hall–Kier alpha value is -0.810. The van der Waals surface area contributed by atoms with E-state index in [4.69, 9.17) is 10.7 Å². The molecular formula is C6H6ClNO3S. The summed E-state index contributed by atoms with van der Waals surface area (Å²) in [7, 11) is 2.57. The fraction of sp³-hybridized carbons (Fsp3) is 0.167. The van der Waals surface area contributed by atoms with Crippen LogP contribution in [0, 0.1) is 0 Å². The third-order valence-corrected chi connectivity index (χ3v) is 2.77. The molecule has 0 radical (unpaired) electrons. The molecule has 0 atom stereocenters. The van der Waals surface area contributed by atoms with Gasteiger partial charge in [0.2, 0.25) is 0 Å². The summed E-state index contributed by atoms with van der Waals surface area (Å²) in [4.78, 5) is 10.9. The predicted molar refractivity (Wildman–Crippen MR) is 44.7 cm³/mol. The van der Waals surface area contributed by atoms with Gasteiger partial charge in [0.1, 0.15) is 0 Å². The molecule has 0 N–H and O–H groups in total. The number of hydrogen-bond acceptors (Lipinski definition) is 3. The van der Waals surface area contributed by atoms with Crippen LogP contribution < -0.4 is 5.56 Å². The summed E-state index contributed by atoms with van der Waals surface area (Å²) in [6.45, 7) is 0. The monoisotopic (exact) mass is 207 g/mol. The van der Waals surface area contributed by atoms with E-state index in [1.165, 1.54) is 25.2 Å². The SMILES string of the molecule is Cn1c(S(=O)(=O)Cl)cccc1=O. The molecule has 1 rings (SSSR count). The molecule has 0 aromatic carbocycles. The molecule has 0 aliphatic rings. The van der Waals surface area contributed by atoms with Crippen LogP contribution in [0.25, 0.3) is 0 Å². The highest BCUT2D eigenvalue weighted by atomic mass is 35.7. The summed E-state index contributed by atoms with van der Waals surface area (Å²) in [5, 5.41) is -0.198. The van der Waals surface area contributed by atoms with Crippen LogP contribution in [0.15, 0.2) is 28.0 Å². The van der Waals surface area contributed by atoms with Crippen molar-refractivity contribution >= 4 is 19.7 Å². The molecule has 12 heavy (non-hydrogen) atoms. The van der Waals surface area contributed by atoms with Gasteiger partial charge >= 0.3 is 0 Å². The van der Waals surface area contributed by atoms with Gasteiger partial charge in [-0.15, -0.1) is 0 Å². The summed E-state index contributed by atoms with van der Waals surface area (Å²) in [6.07, 6.45) is 0. The van der Waals surface area contributed by atoms with Crippen LogP contribution in [0.3, 0.4) is 0 Å². The van der Waals surface area contributed by atoms with Crippen molar-refractivity contribution < 1.29 is 8.42 Å². The summed E-state index contributed by atoms with van der Waals surface area (Å²) >= 11 is 0. The van der Waals surface area contributed by atoms with Gasteiger partial charge in [0, 0.05) is 23.8 Å². The Morgan fingerprint density at radius 2 is 2.00 bits per heavy atom. The van der Waals surface area contributed by atoms with Gasteiger partial charge in [-0.05, 0) is 6.07 Å². The van der Waals surface area contributed by atoms with E-state index in [1.807, 2.05) is 0 Å². The predicted octanol–water partition coefficient (Wildman–Crippen LogP) is 0.313. The fourth-order valence-corrected chi connectivity index (χ4v) is 1.91. The number of pyridine rings is 1. The summed E-state index contributed by atoms with van der Waals surface area (Å²) < 4.78 is 22.6. The highest BCUT2D eigenvalue weighted by molar-refractivity contribution is 8.13. The molecule has 0 unspecified atom stereocenters. The van der Waals surface area contributed by atoms with Gasteiger partial charge < -0.3 is 4.57 Å². The molecule has 1 aromatic rings. The van der Waals surface area contributed by atoms with Crippen molar-refractivity contribution in [1.29, 1.82) is 0 Å². The van der Waals surface area contributed by atoms with Crippen LogP contribution in [-0.4, -0.2) is 13.0 Å². The van der Waals surface area contributed by atoms with Crippen molar-refractivity contribution in [3.8, 4) is 0 Å². The zero-order valence-corrected chi connectivity index (χ0v) is 7.76. The zero-order valence-electron chi connectivity index (χ0n) is 6.19. The Balaban J connectivity index is 3.58. The molecule has 0 aliphatic heterocycles. The second-order valence-corrected chi connectivity index (χ2v) is 4.71. The van der Waals surface area contributed by atoms with Gasteiger partial charge in [-0.3, -0.25) is 4.79 Å². The Morgan fingerprint density at radius 1 is 1.42 bits per heavy atom. The molecule has 4 nitrogen and oxygen atoms in total. The third-order valence-electron chi connectivity index (χ3n) is 1.39. The van der Waals surface area contributed by atoms with Crippen molar-refractivity contribution in [2.75, 3.05) is 0 Å². The first-order valence-corrected chi connectivity index (χ1v) is 5.34. The van der Waals surface area contributed by atoms with Gasteiger partial charge in [0.05, 0.1) is 0 Å². The van der Waals surface area contributed by atoms with Gasteiger partial charge in [0.25, 0.3) is 14.6 Å². The van der Waals surface area contributed by atoms with Crippen molar-refractivity contribution in [2.45, 2.75) is 5.03 Å². The van der Waals surface area contributed by atoms with Crippen LogP contribution in [0.1, 0.15) is 0 Å². The average molecular weight is 208 g/mol. The van der Waals surface area contributed by atoms with E-state index in [1.54, 1.807) is 0 Å². The standard InChI is InChI=1S/C6H6ClNO3S/c1-8-5(9)3-2-4-6(8)12(7,10)11/h2-4H,1H3. The maximum absolute atomic E-state index is 10.9. The lowest BCUT2D eigenvalue weighted by Crippen LogP contribution is -2.19.